The van der Waals surface area contributed by atoms with E-state index < -0.39 is 0 Å². The molecule has 20 heavy (non-hydrogen) atoms. The van der Waals surface area contributed by atoms with E-state index in [1.807, 2.05) is 24.3 Å². The number of fused-ring (bicyclic) bond motifs is 1. The number of nitrogens with zero attached hydrogens (tertiary/aromatic N) is 1. The normalized spacial score (nSPS) is 18.3. The predicted octanol–water partition coefficient (Wildman–Crippen LogP) is 1.63. The Morgan fingerprint density at radius 1 is 1.35 bits per heavy atom. The number of aromatic nitrogens is 2. The Hall–Kier alpha value is -1.85. The summed E-state index contributed by atoms with van der Waals surface area (Å²) >= 11 is 5.90. The molecule has 0 radical (unpaired) electrons. The van der Waals surface area contributed by atoms with Gasteiger partial charge in [-0.2, -0.15) is 0 Å². The lowest BCUT2D eigenvalue weighted by Gasteiger charge is -2.14. The number of imidazole rings is 1. The van der Waals surface area contributed by atoms with Gasteiger partial charge < -0.3 is 15.4 Å². The van der Waals surface area contributed by atoms with Crippen molar-refractivity contribution >= 4 is 17.5 Å². The average Bonchev–Trinajstić information content (AvgIpc) is 2.81. The van der Waals surface area contributed by atoms with E-state index in [1.165, 1.54) is 0 Å². The van der Waals surface area contributed by atoms with Crippen LogP contribution >= 0.6 is 11.6 Å². The lowest BCUT2D eigenvalue weighted by Crippen LogP contribution is -2.26. The lowest BCUT2D eigenvalue weighted by molar-refractivity contribution is 0.0950. The fourth-order valence-corrected chi connectivity index (χ4v) is 2.59. The molecule has 5 nitrogen and oxygen atoms in total. The van der Waals surface area contributed by atoms with Crippen LogP contribution in [0.15, 0.2) is 24.3 Å². The fraction of sp³-hybridized carbons (Fsp3) is 0.286. The Labute approximate surface area is 121 Å². The predicted molar refractivity (Wildman–Crippen MR) is 74.7 cm³/mol. The lowest BCUT2D eigenvalue weighted by atomic mass is 9.94. The van der Waals surface area contributed by atoms with Crippen LogP contribution in [0.4, 0.5) is 0 Å². The van der Waals surface area contributed by atoms with E-state index in [0.717, 1.165) is 11.3 Å². The summed E-state index contributed by atoms with van der Waals surface area (Å²) in [4.78, 5) is 19.1. The first-order chi connectivity index (χ1) is 9.67. The summed E-state index contributed by atoms with van der Waals surface area (Å²) in [5, 5.41) is 12.7. The molecule has 1 aliphatic rings. The van der Waals surface area contributed by atoms with Crippen molar-refractivity contribution in [3.8, 4) is 0 Å². The summed E-state index contributed by atoms with van der Waals surface area (Å²) in [6.07, 6.45) is 0.669. The zero-order valence-corrected chi connectivity index (χ0v) is 11.4. The molecular formula is C14H14ClN3O2. The first kappa shape index (κ1) is 13.1. The summed E-state index contributed by atoms with van der Waals surface area (Å²) < 4.78 is 0. The number of halogens is 1. The molecule has 2 heterocycles. The summed E-state index contributed by atoms with van der Waals surface area (Å²) in [7, 11) is 0. The van der Waals surface area contributed by atoms with Crippen LogP contribution in [0.2, 0.25) is 5.02 Å². The maximum atomic E-state index is 12.0. The molecule has 0 aliphatic carbocycles. The van der Waals surface area contributed by atoms with Gasteiger partial charge in [0.1, 0.15) is 18.1 Å². The Kier molecular flexibility index (Phi) is 3.46. The molecular weight excluding hydrogens is 278 g/mol. The van der Waals surface area contributed by atoms with Gasteiger partial charge in [0.2, 0.25) is 0 Å². The van der Waals surface area contributed by atoms with Crippen LogP contribution in [0.1, 0.15) is 33.5 Å². The van der Waals surface area contributed by atoms with E-state index in [2.05, 4.69) is 15.3 Å². The van der Waals surface area contributed by atoms with Gasteiger partial charge >= 0.3 is 0 Å². The van der Waals surface area contributed by atoms with Gasteiger partial charge in [0, 0.05) is 23.2 Å². The van der Waals surface area contributed by atoms with Gasteiger partial charge in [0.05, 0.1) is 0 Å². The SMILES string of the molecule is O=C1NC[C@@H](c2ccc(Cl)cc2)Cc2[nH]c(CO)nc21. The van der Waals surface area contributed by atoms with Crippen LogP contribution in [0.3, 0.4) is 0 Å². The van der Waals surface area contributed by atoms with Crippen LogP contribution in [0.5, 0.6) is 0 Å². The van der Waals surface area contributed by atoms with Crippen LogP contribution in [0, 0.1) is 0 Å². The number of aliphatic hydroxyl groups excluding tert-OH is 1. The molecule has 0 saturated heterocycles. The van der Waals surface area contributed by atoms with Crippen molar-refractivity contribution in [1.82, 2.24) is 15.3 Å². The maximum Gasteiger partial charge on any atom is 0.271 e. The third-order valence-corrected chi connectivity index (χ3v) is 3.75. The topological polar surface area (TPSA) is 78.0 Å². The van der Waals surface area contributed by atoms with Gasteiger partial charge in [0.15, 0.2) is 0 Å². The second kappa shape index (κ2) is 5.26. The molecule has 1 aromatic carbocycles. The Bertz CT molecular complexity index is 636. The molecule has 3 N–H and O–H groups in total. The molecule has 0 saturated carbocycles. The zero-order valence-electron chi connectivity index (χ0n) is 10.7. The monoisotopic (exact) mass is 291 g/mol. The van der Waals surface area contributed by atoms with Gasteiger partial charge in [-0.25, -0.2) is 4.98 Å². The quantitative estimate of drug-likeness (QED) is 0.787. The molecule has 1 aromatic heterocycles. The van der Waals surface area contributed by atoms with E-state index >= 15 is 0 Å². The molecule has 3 rings (SSSR count). The smallest absolute Gasteiger partial charge is 0.271 e. The van der Waals surface area contributed by atoms with E-state index in [0.29, 0.717) is 29.5 Å². The molecule has 1 atom stereocenters. The molecule has 0 fully saturated rings. The van der Waals surface area contributed by atoms with E-state index in [-0.39, 0.29) is 18.4 Å². The van der Waals surface area contributed by atoms with Crippen LogP contribution < -0.4 is 5.32 Å². The van der Waals surface area contributed by atoms with E-state index in [1.54, 1.807) is 0 Å². The Balaban J connectivity index is 1.93. The number of aliphatic hydroxyl groups is 1. The highest BCUT2D eigenvalue weighted by Crippen LogP contribution is 2.25. The van der Waals surface area contributed by atoms with Crippen molar-refractivity contribution in [1.29, 1.82) is 0 Å². The third-order valence-electron chi connectivity index (χ3n) is 3.49. The van der Waals surface area contributed by atoms with Crippen LogP contribution in [0.25, 0.3) is 0 Å². The molecule has 1 amide bonds. The molecule has 6 heteroatoms. The van der Waals surface area contributed by atoms with Crippen molar-refractivity contribution in [3.05, 3.63) is 52.1 Å². The zero-order chi connectivity index (χ0) is 14.1. The number of hydrogen-bond donors (Lipinski definition) is 3. The Morgan fingerprint density at radius 3 is 2.80 bits per heavy atom. The minimum atomic E-state index is -0.202. The van der Waals surface area contributed by atoms with Gasteiger partial charge in [-0.3, -0.25) is 4.79 Å². The standard InChI is InChI=1S/C14H14ClN3O2/c15-10-3-1-8(2-4-10)9-5-11-13(14(20)16-6-9)18-12(7-19)17-11/h1-4,9,19H,5-7H2,(H,16,20)(H,17,18)/t9-/m0/s1. The number of H-pyrrole nitrogens is 1. The van der Waals surface area contributed by atoms with Gasteiger partial charge in [0.25, 0.3) is 5.91 Å². The number of amides is 1. The summed E-state index contributed by atoms with van der Waals surface area (Å²) in [6, 6.07) is 7.62. The second-order valence-corrected chi connectivity index (χ2v) is 5.27. The number of nitrogens with one attached hydrogen (secondary N) is 2. The van der Waals surface area contributed by atoms with Crippen LogP contribution in [-0.4, -0.2) is 27.5 Å². The highest BCUT2D eigenvalue weighted by atomic mass is 35.5. The maximum absolute atomic E-state index is 12.0. The highest BCUT2D eigenvalue weighted by molar-refractivity contribution is 6.30. The van der Waals surface area contributed by atoms with E-state index in [4.69, 9.17) is 16.7 Å². The van der Waals surface area contributed by atoms with Crippen LogP contribution in [-0.2, 0) is 13.0 Å². The molecule has 2 aromatic rings. The minimum absolute atomic E-state index is 0.157. The number of carbonyl (C=O) groups is 1. The summed E-state index contributed by atoms with van der Waals surface area (Å²) in [5.74, 6) is 0.374. The summed E-state index contributed by atoms with van der Waals surface area (Å²) in [6.45, 7) is 0.352. The first-order valence-corrected chi connectivity index (χ1v) is 6.77. The molecule has 0 spiro atoms. The number of benzene rings is 1. The number of hydrogen-bond acceptors (Lipinski definition) is 3. The van der Waals surface area contributed by atoms with Crippen molar-refractivity contribution < 1.29 is 9.90 Å². The van der Waals surface area contributed by atoms with Crippen molar-refractivity contribution in [2.75, 3.05) is 6.54 Å². The minimum Gasteiger partial charge on any atom is -0.388 e. The number of aromatic amines is 1. The molecule has 0 bridgehead atoms. The molecule has 0 unspecified atom stereocenters. The fourth-order valence-electron chi connectivity index (χ4n) is 2.46. The van der Waals surface area contributed by atoms with Gasteiger partial charge in [-0.1, -0.05) is 23.7 Å². The first-order valence-electron chi connectivity index (χ1n) is 6.39. The van der Waals surface area contributed by atoms with Crippen molar-refractivity contribution in [2.45, 2.75) is 18.9 Å². The second-order valence-electron chi connectivity index (χ2n) is 4.83. The largest absolute Gasteiger partial charge is 0.388 e. The van der Waals surface area contributed by atoms with Gasteiger partial charge in [-0.15, -0.1) is 0 Å². The van der Waals surface area contributed by atoms with Crippen molar-refractivity contribution in [2.24, 2.45) is 0 Å². The number of carbonyl (C=O) groups excluding carboxylic acids is 1. The third kappa shape index (κ3) is 2.42. The Morgan fingerprint density at radius 2 is 2.10 bits per heavy atom. The van der Waals surface area contributed by atoms with Crippen molar-refractivity contribution in [3.63, 3.8) is 0 Å². The van der Waals surface area contributed by atoms with Gasteiger partial charge in [-0.05, 0) is 24.1 Å². The summed E-state index contributed by atoms with van der Waals surface area (Å²) in [5.41, 5.74) is 2.26. The number of rotatable bonds is 2. The molecule has 1 aliphatic heterocycles. The van der Waals surface area contributed by atoms with E-state index in [9.17, 15) is 4.79 Å². The molecule has 104 valence electrons. The highest BCUT2D eigenvalue weighted by Gasteiger charge is 2.25. The average molecular weight is 292 g/mol.